The Balaban J connectivity index is 2.07. The zero-order valence-electron chi connectivity index (χ0n) is 12.9. The lowest BCUT2D eigenvalue weighted by atomic mass is 9.94. The van der Waals surface area contributed by atoms with E-state index in [0.29, 0.717) is 24.0 Å². The van der Waals surface area contributed by atoms with Crippen LogP contribution in [-0.2, 0) is 11.6 Å². The minimum Gasteiger partial charge on any atom is -0.370 e. The van der Waals surface area contributed by atoms with Crippen molar-refractivity contribution in [3.63, 3.8) is 0 Å². The summed E-state index contributed by atoms with van der Waals surface area (Å²) in [6, 6.07) is 5.54. The quantitative estimate of drug-likeness (QED) is 0.647. The summed E-state index contributed by atoms with van der Waals surface area (Å²) >= 11 is 0. The standard InChI is InChI=1S/C16H22F3N3/c1-11(2)9-21-14(20)22-10-15(6-7-15)12-4-3-5-13(8-12)16(17,18)19/h3-5,8,11H,6-7,9-10H2,1-2H3,(H3,20,21,22). The van der Waals surface area contributed by atoms with Gasteiger partial charge >= 0.3 is 6.18 Å². The van der Waals surface area contributed by atoms with Crippen molar-refractivity contribution < 1.29 is 13.2 Å². The highest BCUT2D eigenvalue weighted by Crippen LogP contribution is 2.49. The molecule has 0 bridgehead atoms. The second-order valence-corrected chi connectivity index (χ2v) is 6.34. The third-order valence-electron chi connectivity index (χ3n) is 3.90. The Labute approximate surface area is 128 Å². The number of guanidine groups is 1. The van der Waals surface area contributed by atoms with Gasteiger partial charge in [0.05, 0.1) is 12.1 Å². The molecule has 0 heterocycles. The van der Waals surface area contributed by atoms with E-state index in [1.54, 1.807) is 6.07 Å². The van der Waals surface area contributed by atoms with Crippen LogP contribution in [0.15, 0.2) is 29.3 Å². The summed E-state index contributed by atoms with van der Waals surface area (Å²) in [7, 11) is 0. The van der Waals surface area contributed by atoms with Crippen LogP contribution in [0, 0.1) is 5.92 Å². The third kappa shape index (κ3) is 4.15. The first-order valence-electron chi connectivity index (χ1n) is 7.44. The number of hydrogen-bond donors (Lipinski definition) is 2. The summed E-state index contributed by atoms with van der Waals surface area (Å²) < 4.78 is 38.4. The van der Waals surface area contributed by atoms with Gasteiger partial charge in [0, 0.05) is 12.0 Å². The van der Waals surface area contributed by atoms with Gasteiger partial charge in [-0.3, -0.25) is 4.99 Å². The summed E-state index contributed by atoms with van der Waals surface area (Å²) in [5.41, 5.74) is 5.60. The van der Waals surface area contributed by atoms with Gasteiger partial charge in [-0.25, -0.2) is 0 Å². The van der Waals surface area contributed by atoms with E-state index < -0.39 is 11.7 Å². The Bertz CT molecular complexity index is 546. The molecule has 3 nitrogen and oxygen atoms in total. The predicted molar refractivity (Wildman–Crippen MR) is 81.7 cm³/mol. The lowest BCUT2D eigenvalue weighted by molar-refractivity contribution is -0.137. The first-order valence-corrected chi connectivity index (χ1v) is 7.44. The molecule has 1 aromatic rings. The molecule has 1 aliphatic carbocycles. The van der Waals surface area contributed by atoms with Crippen LogP contribution in [0.1, 0.15) is 37.8 Å². The molecule has 0 radical (unpaired) electrons. The molecular formula is C16H22F3N3. The van der Waals surface area contributed by atoms with E-state index in [9.17, 15) is 13.2 Å². The fourth-order valence-electron chi connectivity index (χ4n) is 2.32. The zero-order valence-corrected chi connectivity index (χ0v) is 12.9. The maximum atomic E-state index is 12.8. The highest BCUT2D eigenvalue weighted by Gasteiger charge is 2.45. The van der Waals surface area contributed by atoms with E-state index in [1.165, 1.54) is 12.1 Å². The predicted octanol–water partition coefficient (Wildman–Crippen LogP) is 3.30. The van der Waals surface area contributed by atoms with E-state index in [-0.39, 0.29) is 5.41 Å². The monoisotopic (exact) mass is 313 g/mol. The maximum absolute atomic E-state index is 12.8. The molecule has 2 rings (SSSR count). The Kier molecular flexibility index (Phi) is 4.68. The molecule has 1 aromatic carbocycles. The number of halogens is 3. The number of benzene rings is 1. The van der Waals surface area contributed by atoms with E-state index >= 15 is 0 Å². The van der Waals surface area contributed by atoms with E-state index in [4.69, 9.17) is 5.73 Å². The normalized spacial score (nSPS) is 17.6. The van der Waals surface area contributed by atoms with Gasteiger partial charge in [0.1, 0.15) is 0 Å². The van der Waals surface area contributed by atoms with Gasteiger partial charge in [0.25, 0.3) is 0 Å². The van der Waals surface area contributed by atoms with Gasteiger partial charge in [0.15, 0.2) is 5.96 Å². The molecule has 0 aromatic heterocycles. The number of rotatable bonds is 5. The van der Waals surface area contributed by atoms with Crippen molar-refractivity contribution in [2.45, 2.75) is 38.3 Å². The van der Waals surface area contributed by atoms with Gasteiger partial charge in [0.2, 0.25) is 0 Å². The molecule has 1 fully saturated rings. The van der Waals surface area contributed by atoms with Crippen LogP contribution in [0.5, 0.6) is 0 Å². The highest BCUT2D eigenvalue weighted by atomic mass is 19.4. The first-order chi connectivity index (χ1) is 10.2. The third-order valence-corrected chi connectivity index (χ3v) is 3.90. The molecular weight excluding hydrogens is 291 g/mol. The number of nitrogens with two attached hydrogens (primary N) is 1. The lowest BCUT2D eigenvalue weighted by Gasteiger charge is -2.16. The largest absolute Gasteiger partial charge is 0.416 e. The van der Waals surface area contributed by atoms with Crippen molar-refractivity contribution in [2.24, 2.45) is 16.6 Å². The van der Waals surface area contributed by atoms with Gasteiger partial charge in [-0.05, 0) is 30.4 Å². The average molecular weight is 313 g/mol. The van der Waals surface area contributed by atoms with E-state index in [0.717, 1.165) is 25.5 Å². The van der Waals surface area contributed by atoms with Crippen molar-refractivity contribution >= 4 is 5.96 Å². The molecule has 0 aliphatic heterocycles. The Morgan fingerprint density at radius 3 is 2.59 bits per heavy atom. The Morgan fingerprint density at radius 1 is 1.36 bits per heavy atom. The molecule has 122 valence electrons. The lowest BCUT2D eigenvalue weighted by Crippen LogP contribution is -2.35. The number of aliphatic imine (C=N–C) groups is 1. The zero-order chi connectivity index (χ0) is 16.4. The van der Waals surface area contributed by atoms with Gasteiger partial charge in [-0.2, -0.15) is 13.2 Å². The smallest absolute Gasteiger partial charge is 0.370 e. The van der Waals surface area contributed by atoms with Crippen molar-refractivity contribution in [2.75, 3.05) is 13.1 Å². The van der Waals surface area contributed by atoms with Crippen LogP contribution < -0.4 is 11.1 Å². The summed E-state index contributed by atoms with van der Waals surface area (Å²) in [5, 5.41) is 3.02. The van der Waals surface area contributed by atoms with Crippen LogP contribution in [0.3, 0.4) is 0 Å². The number of hydrogen-bond acceptors (Lipinski definition) is 1. The second-order valence-electron chi connectivity index (χ2n) is 6.34. The van der Waals surface area contributed by atoms with E-state index in [2.05, 4.69) is 24.2 Å². The molecule has 6 heteroatoms. The molecule has 1 aliphatic rings. The van der Waals surface area contributed by atoms with E-state index in [1.807, 2.05) is 0 Å². The van der Waals surface area contributed by atoms with Crippen molar-refractivity contribution in [1.29, 1.82) is 0 Å². The summed E-state index contributed by atoms with van der Waals surface area (Å²) in [5.74, 6) is 0.805. The SMILES string of the molecule is CC(C)CNC(N)=NCC1(c2cccc(C(F)(F)F)c2)CC1. The van der Waals surface area contributed by atoms with Crippen LogP contribution in [-0.4, -0.2) is 19.0 Å². The van der Waals surface area contributed by atoms with Crippen LogP contribution >= 0.6 is 0 Å². The first kappa shape index (κ1) is 16.6. The molecule has 22 heavy (non-hydrogen) atoms. The fraction of sp³-hybridized carbons (Fsp3) is 0.562. The molecule has 1 saturated carbocycles. The summed E-state index contributed by atoms with van der Waals surface area (Å²) in [6.45, 7) is 5.27. The maximum Gasteiger partial charge on any atom is 0.416 e. The van der Waals surface area contributed by atoms with Crippen molar-refractivity contribution in [1.82, 2.24) is 5.32 Å². The topological polar surface area (TPSA) is 50.4 Å². The summed E-state index contributed by atoms with van der Waals surface area (Å²) in [4.78, 5) is 4.30. The van der Waals surface area contributed by atoms with Crippen molar-refractivity contribution in [3.05, 3.63) is 35.4 Å². The molecule has 0 saturated heterocycles. The van der Waals surface area contributed by atoms with Crippen LogP contribution in [0.25, 0.3) is 0 Å². The minimum atomic E-state index is -4.31. The molecule has 3 N–H and O–H groups in total. The van der Waals surface area contributed by atoms with Gasteiger partial charge in [-0.1, -0.05) is 32.0 Å². The fourth-order valence-corrected chi connectivity index (χ4v) is 2.32. The average Bonchev–Trinajstić information content (AvgIpc) is 3.23. The van der Waals surface area contributed by atoms with Crippen molar-refractivity contribution in [3.8, 4) is 0 Å². The molecule has 0 atom stereocenters. The number of alkyl halides is 3. The Hall–Kier alpha value is -1.72. The molecule has 0 unspecified atom stereocenters. The second kappa shape index (κ2) is 6.18. The minimum absolute atomic E-state index is 0.286. The highest BCUT2D eigenvalue weighted by molar-refractivity contribution is 5.77. The number of nitrogens with zero attached hydrogens (tertiary/aromatic N) is 1. The summed E-state index contributed by atoms with van der Waals surface area (Å²) in [6.07, 6.45) is -2.63. The van der Waals surface area contributed by atoms with Gasteiger partial charge in [-0.15, -0.1) is 0 Å². The molecule has 0 spiro atoms. The van der Waals surface area contributed by atoms with Gasteiger partial charge < -0.3 is 11.1 Å². The Morgan fingerprint density at radius 2 is 2.05 bits per heavy atom. The number of nitrogens with one attached hydrogen (secondary N) is 1. The van der Waals surface area contributed by atoms with Crippen LogP contribution in [0.2, 0.25) is 0 Å². The molecule has 0 amide bonds. The van der Waals surface area contributed by atoms with Crippen LogP contribution in [0.4, 0.5) is 13.2 Å².